The van der Waals surface area contributed by atoms with Crippen molar-refractivity contribution >= 4 is 34.5 Å². The molecular formula is C16H16Cl2S. The van der Waals surface area contributed by atoms with Gasteiger partial charge < -0.3 is 0 Å². The van der Waals surface area contributed by atoms with Crippen molar-refractivity contribution in [2.45, 2.75) is 38.0 Å². The van der Waals surface area contributed by atoms with Crippen molar-refractivity contribution in [1.29, 1.82) is 0 Å². The van der Waals surface area contributed by atoms with Gasteiger partial charge in [-0.2, -0.15) is 0 Å². The third kappa shape index (κ3) is 2.99. The highest BCUT2D eigenvalue weighted by Gasteiger charge is 2.20. The van der Waals surface area contributed by atoms with Gasteiger partial charge in [0.05, 0.1) is 10.0 Å². The molecule has 1 atom stereocenters. The second-order valence-electron chi connectivity index (χ2n) is 5.18. The minimum absolute atomic E-state index is 0.642. The van der Waals surface area contributed by atoms with Crippen LogP contribution in [0.5, 0.6) is 0 Å². The number of rotatable bonds is 3. The van der Waals surface area contributed by atoms with Crippen LogP contribution in [0.1, 0.15) is 41.2 Å². The average Bonchev–Trinajstić information content (AvgIpc) is 2.89. The Morgan fingerprint density at radius 1 is 1.16 bits per heavy atom. The van der Waals surface area contributed by atoms with E-state index in [1.54, 1.807) is 10.4 Å². The summed E-state index contributed by atoms with van der Waals surface area (Å²) in [6, 6.07) is 8.31. The molecule has 3 rings (SSSR count). The minimum atomic E-state index is 0.642. The highest BCUT2D eigenvalue weighted by molar-refractivity contribution is 7.10. The van der Waals surface area contributed by atoms with E-state index in [9.17, 15) is 0 Å². The minimum Gasteiger partial charge on any atom is -0.149 e. The Hall–Kier alpha value is -0.500. The first kappa shape index (κ1) is 13.5. The smallest absolute Gasteiger partial charge is 0.0595 e. The maximum Gasteiger partial charge on any atom is 0.0595 e. The summed E-state index contributed by atoms with van der Waals surface area (Å²) in [5, 5.41) is 3.55. The van der Waals surface area contributed by atoms with Gasteiger partial charge in [0.25, 0.3) is 0 Å². The van der Waals surface area contributed by atoms with Gasteiger partial charge in [-0.3, -0.25) is 0 Å². The molecule has 0 saturated carbocycles. The second kappa shape index (κ2) is 5.87. The van der Waals surface area contributed by atoms with E-state index < -0.39 is 0 Å². The van der Waals surface area contributed by atoms with Gasteiger partial charge in [0.1, 0.15) is 0 Å². The van der Waals surface area contributed by atoms with Crippen LogP contribution < -0.4 is 0 Å². The van der Waals surface area contributed by atoms with E-state index in [-0.39, 0.29) is 0 Å². The molecule has 1 heterocycles. The average molecular weight is 311 g/mol. The van der Waals surface area contributed by atoms with Gasteiger partial charge in [0.2, 0.25) is 0 Å². The standard InChI is InChI=1S/C16H16Cl2S/c17-14-7-5-11(10-15(14)18)4-6-12-2-1-3-16-13(12)8-9-19-16/h5,7-10,12H,1-4,6H2. The summed E-state index contributed by atoms with van der Waals surface area (Å²) in [7, 11) is 0. The van der Waals surface area contributed by atoms with Crippen LogP contribution in [-0.4, -0.2) is 0 Å². The molecule has 0 nitrogen and oxygen atoms in total. The Labute approximate surface area is 128 Å². The van der Waals surface area contributed by atoms with E-state index in [1.807, 2.05) is 23.5 Å². The lowest BCUT2D eigenvalue weighted by molar-refractivity contribution is 0.526. The van der Waals surface area contributed by atoms with Crippen LogP contribution in [0.25, 0.3) is 0 Å². The zero-order chi connectivity index (χ0) is 13.2. The Kier molecular flexibility index (Phi) is 4.16. The molecule has 0 aliphatic heterocycles. The van der Waals surface area contributed by atoms with Gasteiger partial charge >= 0.3 is 0 Å². The van der Waals surface area contributed by atoms with Crippen LogP contribution >= 0.6 is 34.5 Å². The van der Waals surface area contributed by atoms with Gasteiger partial charge in [-0.1, -0.05) is 29.3 Å². The Morgan fingerprint density at radius 2 is 2.05 bits per heavy atom. The SMILES string of the molecule is Clc1ccc(CCC2CCCc3sccc32)cc1Cl. The molecule has 100 valence electrons. The maximum absolute atomic E-state index is 6.07. The van der Waals surface area contributed by atoms with Gasteiger partial charge in [-0.05, 0) is 72.7 Å². The van der Waals surface area contributed by atoms with Crippen molar-refractivity contribution in [3.05, 3.63) is 55.7 Å². The fraction of sp³-hybridized carbons (Fsp3) is 0.375. The van der Waals surface area contributed by atoms with E-state index in [1.165, 1.54) is 31.2 Å². The van der Waals surface area contributed by atoms with Crippen molar-refractivity contribution in [2.75, 3.05) is 0 Å². The molecule has 1 unspecified atom stereocenters. The molecule has 0 fully saturated rings. The van der Waals surface area contributed by atoms with Crippen LogP contribution in [0.15, 0.2) is 29.6 Å². The molecular weight excluding hydrogens is 295 g/mol. The zero-order valence-corrected chi connectivity index (χ0v) is 13.0. The molecule has 0 spiro atoms. The molecule has 0 bridgehead atoms. The lowest BCUT2D eigenvalue weighted by atomic mass is 9.84. The number of halogens is 2. The molecule has 1 aliphatic carbocycles. The summed E-state index contributed by atoms with van der Waals surface area (Å²) in [6.07, 6.45) is 6.22. The van der Waals surface area contributed by atoms with E-state index in [4.69, 9.17) is 23.2 Å². The lowest BCUT2D eigenvalue weighted by Crippen LogP contribution is -2.08. The highest BCUT2D eigenvalue weighted by Crippen LogP contribution is 2.37. The first-order chi connectivity index (χ1) is 9.24. The van der Waals surface area contributed by atoms with E-state index >= 15 is 0 Å². The molecule has 0 N–H and O–H groups in total. The molecule has 2 aromatic rings. The quantitative estimate of drug-likeness (QED) is 0.641. The summed E-state index contributed by atoms with van der Waals surface area (Å²) in [5.74, 6) is 0.726. The zero-order valence-electron chi connectivity index (χ0n) is 10.7. The molecule has 0 amide bonds. The summed E-state index contributed by atoms with van der Waals surface area (Å²) in [5.41, 5.74) is 2.88. The first-order valence-corrected chi connectivity index (χ1v) is 8.38. The van der Waals surface area contributed by atoms with Gasteiger partial charge in [0.15, 0.2) is 0 Å². The Balaban J connectivity index is 1.69. The summed E-state index contributed by atoms with van der Waals surface area (Å²) >= 11 is 13.9. The maximum atomic E-state index is 6.07. The monoisotopic (exact) mass is 310 g/mol. The number of benzene rings is 1. The number of hydrogen-bond acceptors (Lipinski definition) is 1. The van der Waals surface area contributed by atoms with Crippen molar-refractivity contribution in [2.24, 2.45) is 0 Å². The Bertz CT molecular complexity index is 574. The van der Waals surface area contributed by atoms with Crippen LogP contribution in [0, 0.1) is 0 Å². The third-order valence-corrected chi connectivity index (χ3v) is 5.68. The molecule has 0 radical (unpaired) electrons. The predicted molar refractivity (Wildman–Crippen MR) is 84.8 cm³/mol. The molecule has 1 aromatic heterocycles. The first-order valence-electron chi connectivity index (χ1n) is 6.74. The normalized spacial score (nSPS) is 18.3. The van der Waals surface area contributed by atoms with Crippen molar-refractivity contribution in [1.82, 2.24) is 0 Å². The van der Waals surface area contributed by atoms with E-state index in [0.29, 0.717) is 10.0 Å². The van der Waals surface area contributed by atoms with Crippen LogP contribution in [-0.2, 0) is 12.8 Å². The largest absolute Gasteiger partial charge is 0.149 e. The van der Waals surface area contributed by atoms with Crippen LogP contribution in [0.2, 0.25) is 10.0 Å². The third-order valence-electron chi connectivity index (χ3n) is 3.94. The highest BCUT2D eigenvalue weighted by atomic mass is 35.5. The summed E-state index contributed by atoms with van der Waals surface area (Å²) in [6.45, 7) is 0. The van der Waals surface area contributed by atoms with Crippen molar-refractivity contribution in [3.8, 4) is 0 Å². The van der Waals surface area contributed by atoms with Crippen LogP contribution in [0.3, 0.4) is 0 Å². The number of fused-ring (bicyclic) bond motifs is 1. The molecule has 0 saturated heterocycles. The van der Waals surface area contributed by atoms with Crippen molar-refractivity contribution in [3.63, 3.8) is 0 Å². The Morgan fingerprint density at radius 3 is 2.89 bits per heavy atom. The van der Waals surface area contributed by atoms with E-state index in [2.05, 4.69) is 17.5 Å². The number of aryl methyl sites for hydroxylation is 2. The molecule has 1 aliphatic rings. The molecule has 1 aromatic carbocycles. The summed E-state index contributed by atoms with van der Waals surface area (Å²) in [4.78, 5) is 1.60. The fourth-order valence-electron chi connectivity index (χ4n) is 2.92. The predicted octanol–water partition coefficient (Wildman–Crippen LogP) is 6.11. The molecule has 3 heteroatoms. The molecule has 19 heavy (non-hydrogen) atoms. The topological polar surface area (TPSA) is 0 Å². The van der Waals surface area contributed by atoms with E-state index in [0.717, 1.165) is 12.3 Å². The second-order valence-corrected chi connectivity index (χ2v) is 6.99. The number of hydrogen-bond donors (Lipinski definition) is 0. The fourth-order valence-corrected chi connectivity index (χ4v) is 4.25. The lowest BCUT2D eigenvalue weighted by Gasteiger charge is -2.22. The van der Waals surface area contributed by atoms with Gasteiger partial charge in [0, 0.05) is 4.88 Å². The van der Waals surface area contributed by atoms with Gasteiger partial charge in [-0.25, -0.2) is 0 Å². The number of thiophene rings is 1. The van der Waals surface area contributed by atoms with Crippen LogP contribution in [0.4, 0.5) is 0 Å². The van der Waals surface area contributed by atoms with Gasteiger partial charge in [-0.15, -0.1) is 11.3 Å². The van der Waals surface area contributed by atoms with Crippen molar-refractivity contribution < 1.29 is 0 Å². The summed E-state index contributed by atoms with van der Waals surface area (Å²) < 4.78 is 0.